The molecule has 2 aromatic carbocycles. The maximum Gasteiger partial charge on any atom is 0.417 e. The van der Waals surface area contributed by atoms with Crippen LogP contribution in [0.15, 0.2) is 24.3 Å². The van der Waals surface area contributed by atoms with E-state index in [0.717, 1.165) is 0 Å². The molecule has 0 unspecified atom stereocenters. The van der Waals surface area contributed by atoms with Gasteiger partial charge in [0.2, 0.25) is 0 Å². The minimum absolute atomic E-state index is 0.0653. The number of rotatable bonds is 10. The van der Waals surface area contributed by atoms with Gasteiger partial charge in [-0.15, -0.1) is 0 Å². The van der Waals surface area contributed by atoms with Crippen LogP contribution >= 0.6 is 11.6 Å². The van der Waals surface area contributed by atoms with E-state index in [2.05, 4.69) is 5.32 Å². The first kappa shape index (κ1) is 56.7. The van der Waals surface area contributed by atoms with Crippen molar-refractivity contribution in [1.29, 1.82) is 0 Å². The van der Waals surface area contributed by atoms with Gasteiger partial charge < -0.3 is 34.4 Å². The summed E-state index contributed by atoms with van der Waals surface area (Å²) in [7, 11) is 0. The lowest BCUT2D eigenvalue weighted by Gasteiger charge is -2.41. The van der Waals surface area contributed by atoms with Crippen molar-refractivity contribution >= 4 is 52.7 Å². The highest BCUT2D eigenvalue weighted by molar-refractivity contribution is 6.33. The Bertz CT molecular complexity index is 2190. The van der Waals surface area contributed by atoms with Crippen molar-refractivity contribution in [2.45, 2.75) is 150 Å². The monoisotopic (exact) mass is 995 g/mol. The summed E-state index contributed by atoms with van der Waals surface area (Å²) in [6.45, 7) is 19.5. The molecule has 0 bridgehead atoms. The molecule has 1 N–H and O–H groups in total. The Morgan fingerprint density at radius 3 is 1.40 bits per heavy atom. The minimum atomic E-state index is -4.96. The van der Waals surface area contributed by atoms with Gasteiger partial charge >= 0.3 is 24.5 Å². The summed E-state index contributed by atoms with van der Waals surface area (Å²) < 4.78 is 93.7. The molecule has 2 aromatic rings. The number of alkyl halides is 6. The van der Waals surface area contributed by atoms with E-state index < -0.39 is 120 Å². The van der Waals surface area contributed by atoms with Crippen molar-refractivity contribution in [2.24, 2.45) is 0 Å². The summed E-state index contributed by atoms with van der Waals surface area (Å²) in [4.78, 5) is 78.4. The van der Waals surface area contributed by atoms with Crippen LogP contribution in [0, 0.1) is 20.2 Å². The second-order valence-electron chi connectivity index (χ2n) is 18.9. The van der Waals surface area contributed by atoms with E-state index >= 15 is 0 Å². The standard InChI is InChI=1S/C23H33F3N4O5.C21H27ClF3N3O5/c1-7-27-18-12-17(23(24,25)26)16(11-19(18)30(33)34)20(31)29(14(2)3)15-9-8-10-28(13-15)21(32)35-22(4,5)6;1-12(2)27(13-7-6-8-26(11-13)19(30)33-20(3,4)5)18(29)14-9-17(28(31)32)16(22)10-15(14)21(23,24)25/h11-12,14-15,27H,7-10,13H2,1-6H3;9-10,12-13H,6-8,11H2,1-5H3/t15-;13-/m11/s1. The summed E-state index contributed by atoms with van der Waals surface area (Å²) in [6, 6.07) is 0.00808. The largest absolute Gasteiger partial charge is 0.444 e. The number of piperidine rings is 2. The number of ether oxygens (including phenoxy) is 2. The van der Waals surface area contributed by atoms with Gasteiger partial charge in [-0.25, -0.2) is 9.59 Å². The topological polar surface area (TPSA) is 198 Å². The SMILES string of the molecule is CC(C)N(C(=O)c1cc([N+](=O)[O-])c(Cl)cc1C(F)(F)F)[C@@H]1CCCN(C(=O)OC(C)(C)C)C1.CCNc1cc(C(F)(F)F)c(C(=O)N(C(C)C)[C@@H]2CCCN(C(=O)OC(C)(C)C)C2)cc1[N+](=O)[O-]. The molecule has 4 rings (SSSR count). The molecule has 24 heteroatoms. The van der Waals surface area contributed by atoms with E-state index in [0.29, 0.717) is 63.0 Å². The molecule has 2 aliphatic heterocycles. The highest BCUT2D eigenvalue weighted by Crippen LogP contribution is 2.41. The molecule has 4 amide bonds. The smallest absolute Gasteiger partial charge is 0.417 e. The summed E-state index contributed by atoms with van der Waals surface area (Å²) in [5, 5.41) is 24.7. The van der Waals surface area contributed by atoms with Gasteiger partial charge in [-0.3, -0.25) is 29.8 Å². The molecule has 0 spiro atoms. The van der Waals surface area contributed by atoms with E-state index in [9.17, 15) is 65.7 Å². The molecule has 2 saturated heterocycles. The molecular formula is C44H60ClF6N7O10. The van der Waals surface area contributed by atoms with Gasteiger partial charge in [0.05, 0.1) is 44.2 Å². The second-order valence-corrected chi connectivity index (χ2v) is 19.3. The lowest BCUT2D eigenvalue weighted by atomic mass is 9.98. The molecule has 0 radical (unpaired) electrons. The Labute approximate surface area is 395 Å². The summed E-state index contributed by atoms with van der Waals surface area (Å²) in [5.41, 5.74) is -7.46. The van der Waals surface area contributed by atoms with Crippen LogP contribution in [0.25, 0.3) is 0 Å². The third kappa shape index (κ3) is 14.9. The van der Waals surface area contributed by atoms with E-state index in [-0.39, 0.29) is 25.3 Å². The molecule has 2 aliphatic rings. The Balaban J connectivity index is 0.000000361. The van der Waals surface area contributed by atoms with Gasteiger partial charge in [0.25, 0.3) is 23.2 Å². The molecule has 0 aromatic heterocycles. The zero-order valence-corrected chi connectivity index (χ0v) is 40.7. The Morgan fingerprint density at radius 1 is 0.706 bits per heavy atom. The second kappa shape index (κ2) is 22.2. The molecule has 68 heavy (non-hydrogen) atoms. The molecule has 0 aliphatic carbocycles. The first-order valence-electron chi connectivity index (χ1n) is 21.9. The Kier molecular flexibility index (Phi) is 18.5. The summed E-state index contributed by atoms with van der Waals surface area (Å²) in [6.07, 6.45) is -9.09. The third-order valence-electron chi connectivity index (χ3n) is 10.5. The fourth-order valence-corrected chi connectivity index (χ4v) is 8.10. The van der Waals surface area contributed by atoms with Crippen molar-refractivity contribution in [3.63, 3.8) is 0 Å². The number of hydrogen-bond acceptors (Lipinski definition) is 11. The molecule has 380 valence electrons. The number of nitro groups is 2. The van der Waals surface area contributed by atoms with E-state index in [1.54, 1.807) is 76.2 Å². The number of nitrogens with one attached hydrogen (secondary N) is 1. The van der Waals surface area contributed by atoms with Crippen LogP contribution in [0.5, 0.6) is 0 Å². The molecule has 17 nitrogen and oxygen atoms in total. The maximum absolute atomic E-state index is 14.0. The highest BCUT2D eigenvalue weighted by atomic mass is 35.5. The number of carbonyl (C=O) groups is 4. The quantitative estimate of drug-likeness (QED) is 0.135. The van der Waals surface area contributed by atoms with E-state index in [1.807, 2.05) is 0 Å². The molecular weight excluding hydrogens is 936 g/mol. The van der Waals surface area contributed by atoms with Gasteiger partial charge in [-0.2, -0.15) is 26.3 Å². The van der Waals surface area contributed by atoms with Crippen molar-refractivity contribution in [3.8, 4) is 0 Å². The van der Waals surface area contributed by atoms with Crippen LogP contribution in [0.2, 0.25) is 5.02 Å². The van der Waals surface area contributed by atoms with Gasteiger partial charge in [-0.1, -0.05) is 11.6 Å². The normalized spacial score (nSPS) is 16.9. The molecule has 2 fully saturated rings. The molecule has 2 atom stereocenters. The third-order valence-corrected chi connectivity index (χ3v) is 10.8. The first-order chi connectivity index (χ1) is 31.1. The van der Waals surface area contributed by atoms with Gasteiger partial charge in [-0.05, 0) is 114 Å². The lowest BCUT2D eigenvalue weighted by Crippen LogP contribution is -2.54. The van der Waals surface area contributed by atoms with E-state index in [4.69, 9.17) is 21.1 Å². The number of nitro benzene ring substituents is 2. The number of nitrogens with zero attached hydrogens (tertiary/aromatic N) is 6. The number of amides is 4. The van der Waals surface area contributed by atoms with Crippen LogP contribution in [-0.2, 0) is 21.8 Å². The van der Waals surface area contributed by atoms with Gasteiger partial charge in [0, 0.05) is 56.9 Å². The molecule has 2 heterocycles. The average molecular weight is 996 g/mol. The number of anilines is 1. The lowest BCUT2D eigenvalue weighted by molar-refractivity contribution is -0.384. The average Bonchev–Trinajstić information content (AvgIpc) is 3.18. The fourth-order valence-electron chi connectivity index (χ4n) is 7.87. The van der Waals surface area contributed by atoms with Crippen LogP contribution in [-0.4, -0.2) is 122 Å². The zero-order chi connectivity index (χ0) is 52.0. The fraction of sp³-hybridized carbons (Fsp3) is 0.636. The van der Waals surface area contributed by atoms with Crippen molar-refractivity contribution in [3.05, 3.63) is 71.8 Å². The first-order valence-corrected chi connectivity index (χ1v) is 22.3. The van der Waals surface area contributed by atoms with Crippen LogP contribution in [0.1, 0.15) is 134 Å². The number of carbonyl (C=O) groups excluding carboxylic acids is 4. The number of likely N-dealkylation sites (tertiary alicyclic amines) is 2. The van der Waals surface area contributed by atoms with Crippen molar-refractivity contribution in [1.82, 2.24) is 19.6 Å². The molecule has 0 saturated carbocycles. The highest BCUT2D eigenvalue weighted by Gasteiger charge is 2.43. The van der Waals surface area contributed by atoms with Crippen LogP contribution in [0.4, 0.5) is 53.0 Å². The Hall–Kier alpha value is -5.61. The summed E-state index contributed by atoms with van der Waals surface area (Å²) in [5.74, 6) is -2.00. The van der Waals surface area contributed by atoms with E-state index in [1.165, 1.54) is 19.6 Å². The minimum Gasteiger partial charge on any atom is -0.444 e. The number of halogens is 7. The zero-order valence-electron chi connectivity index (χ0n) is 39.9. The van der Waals surface area contributed by atoms with Crippen LogP contribution in [0.3, 0.4) is 0 Å². The predicted octanol–water partition coefficient (Wildman–Crippen LogP) is 10.8. The van der Waals surface area contributed by atoms with Crippen molar-refractivity contribution < 1.29 is 64.8 Å². The maximum atomic E-state index is 14.0. The van der Waals surface area contributed by atoms with Crippen molar-refractivity contribution in [2.75, 3.05) is 38.0 Å². The Morgan fingerprint density at radius 2 is 1.07 bits per heavy atom. The summed E-state index contributed by atoms with van der Waals surface area (Å²) >= 11 is 5.68. The van der Waals surface area contributed by atoms with Gasteiger partial charge in [0.1, 0.15) is 21.9 Å². The number of benzene rings is 2. The van der Waals surface area contributed by atoms with Crippen LogP contribution < -0.4 is 5.32 Å². The predicted molar refractivity (Wildman–Crippen MR) is 240 cm³/mol. The van der Waals surface area contributed by atoms with Gasteiger partial charge in [0.15, 0.2) is 0 Å². The number of hydrogen-bond donors (Lipinski definition) is 1.